The number of nitrogens with zero attached hydrogens (tertiary/aromatic N) is 6. The molecule has 1 saturated heterocycles. The smallest absolute Gasteiger partial charge is 0.254 e. The lowest BCUT2D eigenvalue weighted by Crippen LogP contribution is -2.41. The number of amides is 1. The molecule has 1 aliphatic heterocycles. The molecule has 43 heavy (non-hydrogen) atoms. The van der Waals surface area contributed by atoms with E-state index < -0.39 is 0 Å². The van der Waals surface area contributed by atoms with Gasteiger partial charge in [-0.1, -0.05) is 6.92 Å². The molecule has 5 heterocycles. The fourth-order valence-corrected chi connectivity index (χ4v) is 7.42. The van der Waals surface area contributed by atoms with Crippen LogP contribution in [0.3, 0.4) is 0 Å². The normalized spacial score (nSPS) is 21.6. The maximum Gasteiger partial charge on any atom is 0.254 e. The largest absolute Gasteiger partial charge is 0.494 e. The molecule has 1 amide bonds. The summed E-state index contributed by atoms with van der Waals surface area (Å²) in [5.74, 6) is 4.94. The number of aromatic nitrogens is 5. The molecule has 220 valence electrons. The summed E-state index contributed by atoms with van der Waals surface area (Å²) >= 11 is 0. The monoisotopic (exact) mass is 575 g/mol. The lowest BCUT2D eigenvalue weighted by Gasteiger charge is -2.32. The highest BCUT2D eigenvalue weighted by Gasteiger charge is 2.39. The number of pyridine rings is 2. The number of fused-ring (bicyclic) bond motifs is 4. The number of likely N-dealkylation sites (tertiary alicyclic amines) is 1. The van der Waals surface area contributed by atoms with E-state index in [1.165, 1.54) is 25.7 Å². The molecule has 1 N–H and O–H groups in total. The third kappa shape index (κ3) is 4.62. The number of aryl methyl sites for hydroxylation is 1. The van der Waals surface area contributed by atoms with Crippen molar-refractivity contribution in [3.8, 4) is 17.3 Å². The first kappa shape index (κ1) is 26.2. The Morgan fingerprint density at radius 2 is 1.88 bits per heavy atom. The molecule has 4 aromatic heterocycles. The van der Waals surface area contributed by atoms with Gasteiger partial charge in [-0.2, -0.15) is 0 Å². The number of carbonyl (C=O) groups excluding carboxylic acids is 1. The minimum atomic E-state index is 0.0810. The Morgan fingerprint density at radius 3 is 2.65 bits per heavy atom. The van der Waals surface area contributed by atoms with Crippen molar-refractivity contribution in [1.82, 2.24) is 29.0 Å². The Labute approximate surface area is 250 Å². The molecule has 9 nitrogen and oxygen atoms in total. The maximum absolute atomic E-state index is 13.8. The fraction of sp³-hybridized carbons (Fsp3) is 0.412. The van der Waals surface area contributed by atoms with Crippen LogP contribution >= 0.6 is 0 Å². The number of hydrogen-bond donors (Lipinski definition) is 1. The van der Waals surface area contributed by atoms with Crippen molar-refractivity contribution >= 4 is 39.5 Å². The van der Waals surface area contributed by atoms with Crippen LogP contribution in [-0.4, -0.2) is 55.1 Å². The molecule has 0 radical (unpaired) electrons. The Balaban J connectivity index is 1.19. The number of imidazole rings is 1. The van der Waals surface area contributed by atoms with Gasteiger partial charge in [0.2, 0.25) is 0 Å². The minimum Gasteiger partial charge on any atom is -0.494 e. The molecule has 2 saturated carbocycles. The molecule has 2 unspecified atom stereocenters. The maximum atomic E-state index is 13.8. The number of nitrogens with one attached hydrogen (secondary N) is 1. The molecular weight excluding hydrogens is 538 g/mol. The molecule has 3 atom stereocenters. The van der Waals surface area contributed by atoms with Crippen LogP contribution in [0.25, 0.3) is 33.6 Å². The molecule has 2 aliphatic carbocycles. The Morgan fingerprint density at radius 1 is 1.05 bits per heavy atom. The highest BCUT2D eigenvalue weighted by Crippen LogP contribution is 2.42. The average molecular weight is 576 g/mol. The number of carbonyl (C=O) groups is 1. The number of hydrogen-bond acceptors (Lipinski definition) is 6. The van der Waals surface area contributed by atoms with Crippen LogP contribution in [0.4, 0.5) is 11.5 Å². The van der Waals surface area contributed by atoms with Crippen LogP contribution in [0.1, 0.15) is 43.0 Å². The van der Waals surface area contributed by atoms with E-state index in [-0.39, 0.29) is 5.91 Å². The molecule has 8 rings (SSSR count). The summed E-state index contributed by atoms with van der Waals surface area (Å²) in [6, 6.07) is 14.0. The van der Waals surface area contributed by atoms with Crippen LogP contribution < -0.4 is 10.1 Å². The van der Waals surface area contributed by atoms with Crippen LogP contribution in [0.15, 0.2) is 54.9 Å². The van der Waals surface area contributed by atoms with Gasteiger partial charge in [0.25, 0.3) is 5.91 Å². The minimum absolute atomic E-state index is 0.0810. The molecule has 0 spiro atoms. The van der Waals surface area contributed by atoms with E-state index in [1.807, 2.05) is 37.4 Å². The highest BCUT2D eigenvalue weighted by molar-refractivity contribution is 6.00. The van der Waals surface area contributed by atoms with Gasteiger partial charge in [-0.05, 0) is 91.8 Å². The molecule has 3 fully saturated rings. The molecule has 9 heteroatoms. The Bertz CT molecular complexity index is 1850. The lowest BCUT2D eigenvalue weighted by atomic mass is 9.95. The van der Waals surface area contributed by atoms with Gasteiger partial charge < -0.3 is 24.1 Å². The zero-order valence-electron chi connectivity index (χ0n) is 25.0. The second kappa shape index (κ2) is 10.1. The van der Waals surface area contributed by atoms with E-state index in [0.717, 1.165) is 64.7 Å². The number of benzene rings is 1. The zero-order valence-corrected chi connectivity index (χ0v) is 25.0. The van der Waals surface area contributed by atoms with Crippen molar-refractivity contribution in [3.63, 3.8) is 0 Å². The molecule has 2 bridgehead atoms. The SMILES string of the molecule is COc1cc(C(=O)N2CC3CC(C2)[C@@H](C)C3)cc2nc(-c3cc4ccc(Nc5ccncc5)nc4n3CC3CC3)n(C)c12. The Hall–Kier alpha value is -4.40. The lowest BCUT2D eigenvalue weighted by molar-refractivity contribution is 0.0653. The van der Waals surface area contributed by atoms with Crippen molar-refractivity contribution in [2.45, 2.75) is 39.2 Å². The standard InChI is InChI=1S/C34H37N7O2/c1-20-12-22-13-25(20)19-40(17-22)34(42)24-14-27-31(29(16-24)43-3)39(2)33(37-27)28-15-23-6-7-30(36-26-8-10-35-11-9-26)38-32(23)41(28)18-21-4-5-21/h6-11,14-16,20-22,25H,4-5,12-13,17-19H2,1-3H3,(H,35,36,38)/t20-,22?,25?/m0/s1. The van der Waals surface area contributed by atoms with Crippen molar-refractivity contribution in [2.24, 2.45) is 30.7 Å². The van der Waals surface area contributed by atoms with Gasteiger partial charge >= 0.3 is 0 Å². The number of ether oxygens (including phenoxy) is 1. The number of methoxy groups -OCH3 is 1. The van der Waals surface area contributed by atoms with Crippen molar-refractivity contribution in [2.75, 3.05) is 25.5 Å². The molecular formula is C34H37N7O2. The summed E-state index contributed by atoms with van der Waals surface area (Å²) < 4.78 is 10.3. The average Bonchev–Trinajstić information content (AvgIpc) is 3.62. The van der Waals surface area contributed by atoms with Crippen molar-refractivity contribution in [3.05, 3.63) is 60.4 Å². The molecule has 1 aromatic carbocycles. The zero-order chi connectivity index (χ0) is 29.2. The van der Waals surface area contributed by atoms with Gasteiger partial charge in [-0.25, -0.2) is 9.97 Å². The predicted octanol–water partition coefficient (Wildman–Crippen LogP) is 6.27. The molecule has 5 aromatic rings. The first-order valence-electron chi connectivity index (χ1n) is 15.5. The first-order chi connectivity index (χ1) is 20.9. The van der Waals surface area contributed by atoms with E-state index in [0.29, 0.717) is 35.0 Å². The summed E-state index contributed by atoms with van der Waals surface area (Å²) in [6.45, 7) is 4.92. The quantitative estimate of drug-likeness (QED) is 0.246. The van der Waals surface area contributed by atoms with Gasteiger partial charge in [0.15, 0.2) is 5.82 Å². The van der Waals surface area contributed by atoms with Crippen LogP contribution in [-0.2, 0) is 13.6 Å². The first-order valence-corrected chi connectivity index (χ1v) is 15.5. The van der Waals surface area contributed by atoms with Gasteiger partial charge in [-0.3, -0.25) is 9.78 Å². The van der Waals surface area contributed by atoms with Gasteiger partial charge in [0.05, 0.1) is 18.3 Å². The summed E-state index contributed by atoms with van der Waals surface area (Å²) in [5.41, 5.74) is 5.20. The van der Waals surface area contributed by atoms with E-state index in [2.05, 4.69) is 43.4 Å². The van der Waals surface area contributed by atoms with Gasteiger partial charge in [0, 0.05) is 55.7 Å². The third-order valence-electron chi connectivity index (χ3n) is 9.83. The van der Waals surface area contributed by atoms with E-state index in [1.54, 1.807) is 19.5 Å². The van der Waals surface area contributed by atoms with E-state index in [4.69, 9.17) is 14.7 Å². The summed E-state index contributed by atoms with van der Waals surface area (Å²) in [7, 11) is 3.70. The highest BCUT2D eigenvalue weighted by atomic mass is 16.5. The van der Waals surface area contributed by atoms with Gasteiger partial charge in [-0.15, -0.1) is 0 Å². The number of rotatable bonds is 7. The second-order valence-corrected chi connectivity index (χ2v) is 12.9. The molecule has 3 aliphatic rings. The van der Waals surface area contributed by atoms with E-state index in [9.17, 15) is 4.79 Å². The van der Waals surface area contributed by atoms with Crippen molar-refractivity contribution in [1.29, 1.82) is 0 Å². The second-order valence-electron chi connectivity index (χ2n) is 12.9. The van der Waals surface area contributed by atoms with E-state index >= 15 is 0 Å². The number of piperidine rings is 1. The fourth-order valence-electron chi connectivity index (χ4n) is 7.42. The predicted molar refractivity (Wildman–Crippen MR) is 168 cm³/mol. The van der Waals surface area contributed by atoms with Crippen LogP contribution in [0.2, 0.25) is 0 Å². The third-order valence-corrected chi connectivity index (χ3v) is 9.83. The van der Waals surface area contributed by atoms with Gasteiger partial charge in [0.1, 0.15) is 22.7 Å². The van der Waals surface area contributed by atoms with Crippen molar-refractivity contribution < 1.29 is 9.53 Å². The van der Waals surface area contributed by atoms with Crippen LogP contribution in [0.5, 0.6) is 5.75 Å². The number of anilines is 2. The summed E-state index contributed by atoms with van der Waals surface area (Å²) in [6.07, 6.45) is 8.47. The summed E-state index contributed by atoms with van der Waals surface area (Å²) in [5, 5.41) is 4.48. The topological polar surface area (TPSA) is 90.1 Å². The Kier molecular flexibility index (Phi) is 6.17. The summed E-state index contributed by atoms with van der Waals surface area (Å²) in [4.78, 5) is 30.1. The van der Waals surface area contributed by atoms with Crippen LogP contribution in [0, 0.1) is 23.7 Å².